The van der Waals surface area contributed by atoms with Gasteiger partial charge in [0.05, 0.1) is 17.4 Å². The third-order valence-corrected chi connectivity index (χ3v) is 4.50. The third-order valence-electron chi connectivity index (χ3n) is 3.20. The highest BCUT2D eigenvalue weighted by Crippen LogP contribution is 2.16. The molecule has 0 aliphatic heterocycles. The van der Waals surface area contributed by atoms with Gasteiger partial charge in [0, 0.05) is 11.3 Å². The molecule has 0 radical (unpaired) electrons. The maximum Gasteiger partial charge on any atom is 0.196 e. The van der Waals surface area contributed by atoms with E-state index in [1.165, 1.54) is 11.3 Å². The van der Waals surface area contributed by atoms with Gasteiger partial charge in [-0.2, -0.15) is 11.3 Å². The first-order valence-corrected chi connectivity index (χ1v) is 10.1. The van der Waals surface area contributed by atoms with Crippen molar-refractivity contribution in [3.05, 3.63) is 57.3 Å². The van der Waals surface area contributed by atoms with Gasteiger partial charge in [-0.05, 0) is 34.2 Å². The zero-order valence-electron chi connectivity index (χ0n) is 15.4. The number of hydrogen-bond acceptors (Lipinski definition) is 5. The van der Waals surface area contributed by atoms with Crippen LogP contribution in [0.25, 0.3) is 0 Å². The first-order valence-electron chi connectivity index (χ1n) is 8.21. The van der Waals surface area contributed by atoms with Crippen molar-refractivity contribution in [1.29, 1.82) is 0 Å². The molecule has 3 aromatic rings. The molecule has 0 amide bonds. The van der Waals surface area contributed by atoms with Crippen LogP contribution in [0.15, 0.2) is 44.6 Å². The summed E-state index contributed by atoms with van der Waals surface area (Å²) in [6, 6.07) is 2.18. The molecule has 0 saturated carbocycles. The molecular weight excluding hydrogens is 336 g/mol. The maximum absolute atomic E-state index is 4.98. The fourth-order valence-corrected chi connectivity index (χ4v) is 3.17. The van der Waals surface area contributed by atoms with E-state index in [1.807, 2.05) is 19.4 Å². The van der Waals surface area contributed by atoms with E-state index in [1.54, 1.807) is 35.1 Å². The van der Waals surface area contributed by atoms with Crippen molar-refractivity contribution in [3.8, 4) is 0 Å². The van der Waals surface area contributed by atoms with Gasteiger partial charge in [0.25, 0.3) is 0 Å². The molecule has 3 rings (SSSR count). The van der Waals surface area contributed by atoms with Crippen molar-refractivity contribution in [3.63, 3.8) is 0 Å². The second-order valence-corrected chi connectivity index (χ2v) is 7.80. The van der Waals surface area contributed by atoms with Crippen molar-refractivity contribution >= 4 is 22.7 Å². The van der Waals surface area contributed by atoms with Gasteiger partial charge >= 0.3 is 0 Å². The molecule has 0 aromatic carbocycles. The summed E-state index contributed by atoms with van der Waals surface area (Å²) in [5, 5.41) is 6.41. The molecule has 3 nitrogen and oxygen atoms in total. The number of rotatable bonds is 3. The minimum atomic E-state index is 0.407. The smallest absolute Gasteiger partial charge is 0.196 e. The van der Waals surface area contributed by atoms with E-state index in [0.29, 0.717) is 17.8 Å². The Morgan fingerprint density at radius 3 is 1.88 bits per heavy atom. The Morgan fingerprint density at radius 2 is 1.62 bits per heavy atom. The summed E-state index contributed by atoms with van der Waals surface area (Å²) in [7, 11) is 0. The topological polar surface area (TPSA) is 38.9 Å². The van der Waals surface area contributed by atoms with Crippen LogP contribution in [-0.2, 0) is 0 Å². The van der Waals surface area contributed by atoms with E-state index in [2.05, 4.69) is 59.9 Å². The van der Waals surface area contributed by atoms with E-state index in [4.69, 9.17) is 4.42 Å². The Kier molecular flexibility index (Phi) is 9.57. The zero-order chi connectivity index (χ0) is 17.9. The summed E-state index contributed by atoms with van der Waals surface area (Å²) >= 11 is 3.42. The summed E-state index contributed by atoms with van der Waals surface area (Å²) in [6.45, 7) is 12.8. The third kappa shape index (κ3) is 7.88. The van der Waals surface area contributed by atoms with Crippen molar-refractivity contribution in [2.75, 3.05) is 0 Å². The van der Waals surface area contributed by atoms with Gasteiger partial charge < -0.3 is 4.42 Å². The van der Waals surface area contributed by atoms with Gasteiger partial charge in [0.15, 0.2) is 5.89 Å². The monoisotopic (exact) mass is 364 g/mol. The van der Waals surface area contributed by atoms with E-state index >= 15 is 0 Å². The molecule has 132 valence electrons. The Hall–Kier alpha value is -1.46. The lowest BCUT2D eigenvalue weighted by Crippen LogP contribution is -1.83. The van der Waals surface area contributed by atoms with Crippen molar-refractivity contribution in [1.82, 2.24) is 9.97 Å². The van der Waals surface area contributed by atoms with Crippen LogP contribution in [-0.4, -0.2) is 9.97 Å². The summed E-state index contributed by atoms with van der Waals surface area (Å²) in [4.78, 5) is 8.08. The van der Waals surface area contributed by atoms with Crippen LogP contribution in [0.3, 0.4) is 0 Å². The fourth-order valence-electron chi connectivity index (χ4n) is 1.63. The molecule has 0 fully saturated rings. The highest BCUT2D eigenvalue weighted by Gasteiger charge is 2.00. The number of thiazole rings is 1. The number of oxazole rings is 1. The molecule has 24 heavy (non-hydrogen) atoms. The molecule has 5 heteroatoms. The summed E-state index contributed by atoms with van der Waals surface area (Å²) < 4.78 is 4.98. The van der Waals surface area contributed by atoms with Gasteiger partial charge in [-0.3, -0.25) is 0 Å². The molecule has 0 spiro atoms. The van der Waals surface area contributed by atoms with Crippen LogP contribution in [0.1, 0.15) is 76.4 Å². The second-order valence-electron chi connectivity index (χ2n) is 6.30. The molecule has 3 heterocycles. The average molecular weight is 365 g/mol. The lowest BCUT2D eigenvalue weighted by atomic mass is 10.1. The van der Waals surface area contributed by atoms with E-state index in [0.717, 1.165) is 5.89 Å². The van der Waals surface area contributed by atoms with Crippen LogP contribution < -0.4 is 0 Å². The van der Waals surface area contributed by atoms with Crippen LogP contribution in [0, 0.1) is 0 Å². The first kappa shape index (κ1) is 20.6. The predicted molar refractivity (Wildman–Crippen MR) is 105 cm³/mol. The highest BCUT2D eigenvalue weighted by atomic mass is 32.1. The molecular formula is C19H28N2OS2. The largest absolute Gasteiger partial charge is 0.449 e. The number of thiophene rings is 1. The normalized spacial score (nSPS) is 10.4. The summed E-state index contributed by atoms with van der Waals surface area (Å²) in [5.74, 6) is 2.50. The minimum absolute atomic E-state index is 0.407. The second kappa shape index (κ2) is 11.2. The fraction of sp³-hybridized carbons (Fsp3) is 0.474. The van der Waals surface area contributed by atoms with Crippen LogP contribution in [0.4, 0.5) is 0 Å². The Bertz CT molecular complexity index is 522. The van der Waals surface area contributed by atoms with Gasteiger partial charge in [-0.1, -0.05) is 41.5 Å². The van der Waals surface area contributed by atoms with Crippen molar-refractivity contribution in [2.45, 2.75) is 59.3 Å². The molecule has 0 N–H and O–H groups in total. The van der Waals surface area contributed by atoms with Crippen LogP contribution in [0.2, 0.25) is 0 Å². The minimum Gasteiger partial charge on any atom is -0.449 e. The molecule has 0 aliphatic carbocycles. The van der Waals surface area contributed by atoms with Crippen LogP contribution in [0.5, 0.6) is 0 Å². The highest BCUT2D eigenvalue weighted by molar-refractivity contribution is 7.08. The molecule has 0 bridgehead atoms. The van der Waals surface area contributed by atoms with E-state index < -0.39 is 0 Å². The average Bonchev–Trinajstić information content (AvgIpc) is 3.29. The van der Waals surface area contributed by atoms with Gasteiger partial charge in [-0.25, -0.2) is 9.97 Å². The summed E-state index contributed by atoms with van der Waals surface area (Å²) in [5.41, 5.74) is 4.53. The number of aromatic nitrogens is 2. The lowest BCUT2D eigenvalue weighted by molar-refractivity contribution is 0.471. The Balaban J connectivity index is 0.000000180. The van der Waals surface area contributed by atoms with Crippen molar-refractivity contribution in [2.24, 2.45) is 0 Å². The van der Waals surface area contributed by atoms with E-state index in [9.17, 15) is 0 Å². The first-order chi connectivity index (χ1) is 11.4. The SMILES string of the molecule is CC(C)c1ccsc1.CC(C)c1cscn1.CC(C)c1ncco1. The Morgan fingerprint density at radius 1 is 0.875 bits per heavy atom. The van der Waals surface area contributed by atoms with Crippen LogP contribution >= 0.6 is 22.7 Å². The Labute approximate surface area is 153 Å². The quantitative estimate of drug-likeness (QED) is 0.505. The maximum atomic E-state index is 4.98. The molecule has 0 aliphatic rings. The zero-order valence-corrected chi connectivity index (χ0v) is 17.0. The van der Waals surface area contributed by atoms with Gasteiger partial charge in [0.2, 0.25) is 0 Å². The van der Waals surface area contributed by atoms with E-state index in [-0.39, 0.29) is 0 Å². The number of hydrogen-bond donors (Lipinski definition) is 0. The molecule has 0 saturated heterocycles. The van der Waals surface area contributed by atoms with Gasteiger partial charge in [0.1, 0.15) is 6.26 Å². The summed E-state index contributed by atoms with van der Waals surface area (Å²) in [6.07, 6.45) is 3.25. The molecule has 0 unspecified atom stereocenters. The van der Waals surface area contributed by atoms with Gasteiger partial charge in [-0.15, -0.1) is 11.3 Å². The lowest BCUT2D eigenvalue weighted by Gasteiger charge is -1.96. The van der Waals surface area contributed by atoms with Crippen molar-refractivity contribution < 1.29 is 4.42 Å². The number of nitrogens with zero attached hydrogens (tertiary/aromatic N) is 2. The molecule has 0 atom stereocenters. The predicted octanol–water partition coefficient (Wildman–Crippen LogP) is 6.94. The standard InChI is InChI=1S/C7H10S.C6H9NO.C6H9NS/c1-6(2)7-3-4-8-5-7;1-5(2)6-7-3-4-8-6;1-5(2)6-3-8-4-7-6/h3-6H,1-2H3;2*3-5H,1-2H3. The molecule has 3 aromatic heterocycles.